The number of ether oxygens (including phenoxy) is 1. The van der Waals surface area contributed by atoms with Gasteiger partial charge in [-0.25, -0.2) is 21.6 Å². The zero-order chi connectivity index (χ0) is 23.5. The molecule has 170 valence electrons. The van der Waals surface area contributed by atoms with E-state index in [9.17, 15) is 16.8 Å². The quantitative estimate of drug-likeness (QED) is 0.411. The molecule has 1 unspecified atom stereocenters. The van der Waals surface area contributed by atoms with Crippen LogP contribution in [0.2, 0.25) is 0 Å². The maximum atomic E-state index is 13.5. The monoisotopic (exact) mass is 482 g/mol. The van der Waals surface area contributed by atoms with Gasteiger partial charge in [0.1, 0.15) is 11.0 Å². The van der Waals surface area contributed by atoms with Gasteiger partial charge in [-0.05, 0) is 58.8 Å². The van der Waals surface area contributed by atoms with Crippen molar-refractivity contribution in [1.29, 1.82) is 0 Å². The van der Waals surface area contributed by atoms with Crippen LogP contribution in [0.15, 0.2) is 101 Å². The number of nitrogens with zero attached hydrogens (tertiary/aromatic N) is 1. The molecule has 4 rings (SSSR count). The molecule has 4 aromatic rings. The SMILES string of the molecule is COc1ccc(S(=O)(=O)C(CNS(=O)(=O)c2ccc3ccccc3c2)c2cccnc2)cc1. The summed E-state index contributed by atoms with van der Waals surface area (Å²) in [5.74, 6) is 0.517. The third-order valence-corrected chi connectivity index (χ3v) is 8.85. The van der Waals surface area contributed by atoms with Crippen LogP contribution in [-0.2, 0) is 19.9 Å². The van der Waals surface area contributed by atoms with Crippen molar-refractivity contribution in [2.24, 2.45) is 0 Å². The Balaban J connectivity index is 1.66. The summed E-state index contributed by atoms with van der Waals surface area (Å²) in [6.07, 6.45) is 2.95. The molecule has 1 N–H and O–H groups in total. The zero-order valence-corrected chi connectivity index (χ0v) is 19.4. The Morgan fingerprint density at radius 2 is 1.55 bits per heavy atom. The first-order valence-electron chi connectivity index (χ1n) is 10.1. The van der Waals surface area contributed by atoms with Gasteiger partial charge in [0.2, 0.25) is 10.0 Å². The average molecular weight is 483 g/mol. The van der Waals surface area contributed by atoms with E-state index in [2.05, 4.69) is 9.71 Å². The van der Waals surface area contributed by atoms with Crippen LogP contribution in [0.3, 0.4) is 0 Å². The molecule has 1 heterocycles. The summed E-state index contributed by atoms with van der Waals surface area (Å²) in [5, 5.41) is 0.511. The van der Waals surface area contributed by atoms with Crippen molar-refractivity contribution in [3.63, 3.8) is 0 Å². The molecule has 0 aliphatic heterocycles. The molecule has 0 aliphatic carbocycles. The van der Waals surface area contributed by atoms with Gasteiger partial charge in [-0.15, -0.1) is 0 Å². The Morgan fingerprint density at radius 3 is 2.21 bits per heavy atom. The normalized spacial score (nSPS) is 13.0. The molecule has 0 saturated heterocycles. The van der Waals surface area contributed by atoms with Crippen LogP contribution in [-0.4, -0.2) is 35.5 Å². The lowest BCUT2D eigenvalue weighted by Gasteiger charge is -2.19. The summed E-state index contributed by atoms with van der Waals surface area (Å²) in [6.45, 7) is -0.352. The van der Waals surface area contributed by atoms with Crippen LogP contribution in [0.5, 0.6) is 5.75 Å². The lowest BCUT2D eigenvalue weighted by Crippen LogP contribution is -2.32. The molecule has 1 aromatic heterocycles. The fourth-order valence-corrected chi connectivity index (χ4v) is 6.34. The lowest BCUT2D eigenvalue weighted by atomic mass is 10.1. The number of hydrogen-bond donors (Lipinski definition) is 1. The van der Waals surface area contributed by atoms with E-state index >= 15 is 0 Å². The summed E-state index contributed by atoms with van der Waals surface area (Å²) < 4.78 is 60.5. The molecule has 0 saturated carbocycles. The van der Waals surface area contributed by atoms with Crippen molar-refractivity contribution in [2.45, 2.75) is 15.0 Å². The first kappa shape index (κ1) is 22.9. The number of sulfone groups is 1. The predicted molar refractivity (Wildman–Crippen MR) is 126 cm³/mol. The number of rotatable bonds is 8. The number of benzene rings is 3. The van der Waals surface area contributed by atoms with Crippen molar-refractivity contribution in [3.8, 4) is 5.75 Å². The number of methoxy groups -OCH3 is 1. The molecule has 0 amide bonds. The van der Waals surface area contributed by atoms with Gasteiger partial charge in [0.05, 0.1) is 16.9 Å². The Bertz CT molecular complexity index is 1470. The van der Waals surface area contributed by atoms with E-state index in [4.69, 9.17) is 4.74 Å². The highest BCUT2D eigenvalue weighted by atomic mass is 32.2. The van der Waals surface area contributed by atoms with Crippen molar-refractivity contribution in [1.82, 2.24) is 9.71 Å². The van der Waals surface area contributed by atoms with Gasteiger partial charge in [0, 0.05) is 18.9 Å². The number of fused-ring (bicyclic) bond motifs is 1. The van der Waals surface area contributed by atoms with Crippen LogP contribution >= 0.6 is 0 Å². The molecule has 0 aliphatic rings. The zero-order valence-electron chi connectivity index (χ0n) is 17.7. The number of hydrogen-bond acceptors (Lipinski definition) is 6. The summed E-state index contributed by atoms with van der Waals surface area (Å²) >= 11 is 0. The van der Waals surface area contributed by atoms with E-state index in [0.29, 0.717) is 11.3 Å². The summed E-state index contributed by atoms with van der Waals surface area (Å²) in [4.78, 5) is 4.14. The third kappa shape index (κ3) is 4.90. The maximum Gasteiger partial charge on any atom is 0.240 e. The van der Waals surface area contributed by atoms with Gasteiger partial charge in [0.25, 0.3) is 0 Å². The Morgan fingerprint density at radius 1 is 0.848 bits per heavy atom. The second-order valence-electron chi connectivity index (χ2n) is 7.36. The predicted octanol–water partition coefficient (Wildman–Crippen LogP) is 3.74. The minimum Gasteiger partial charge on any atom is -0.497 e. The third-order valence-electron chi connectivity index (χ3n) is 5.31. The lowest BCUT2D eigenvalue weighted by molar-refractivity contribution is 0.414. The standard InChI is InChI=1S/C24H22N2O5S2/c1-31-21-9-12-22(13-10-21)32(27,28)24(20-7-4-14-25-16-20)17-26-33(29,30)23-11-8-18-5-2-3-6-19(18)15-23/h2-16,24,26H,17H2,1H3. The van der Waals surface area contributed by atoms with Crippen molar-refractivity contribution < 1.29 is 21.6 Å². The first-order chi connectivity index (χ1) is 15.8. The molecule has 7 nitrogen and oxygen atoms in total. The van der Waals surface area contributed by atoms with E-state index in [-0.39, 0.29) is 16.3 Å². The maximum absolute atomic E-state index is 13.5. The number of sulfonamides is 1. The van der Waals surface area contributed by atoms with Crippen LogP contribution in [0.25, 0.3) is 10.8 Å². The molecule has 9 heteroatoms. The van der Waals surface area contributed by atoms with Gasteiger partial charge >= 0.3 is 0 Å². The highest BCUT2D eigenvalue weighted by Crippen LogP contribution is 2.30. The molecule has 0 spiro atoms. The van der Waals surface area contributed by atoms with E-state index in [1.807, 2.05) is 24.3 Å². The van der Waals surface area contributed by atoms with Crippen molar-refractivity contribution in [2.75, 3.05) is 13.7 Å². The Hall–Kier alpha value is -3.27. The van der Waals surface area contributed by atoms with Crippen molar-refractivity contribution >= 4 is 30.6 Å². The fourth-order valence-electron chi connectivity index (χ4n) is 3.51. The molecule has 33 heavy (non-hydrogen) atoms. The molecular weight excluding hydrogens is 460 g/mol. The molecule has 1 atom stereocenters. The van der Waals surface area contributed by atoms with Crippen LogP contribution < -0.4 is 9.46 Å². The second kappa shape index (κ2) is 9.30. The second-order valence-corrected chi connectivity index (χ2v) is 11.3. The topological polar surface area (TPSA) is 102 Å². The van der Waals surface area contributed by atoms with Gasteiger partial charge in [-0.3, -0.25) is 4.98 Å². The molecule has 0 fully saturated rings. The largest absolute Gasteiger partial charge is 0.497 e. The smallest absolute Gasteiger partial charge is 0.240 e. The highest BCUT2D eigenvalue weighted by molar-refractivity contribution is 7.92. The van der Waals surface area contributed by atoms with E-state index in [1.165, 1.54) is 37.7 Å². The number of pyridine rings is 1. The fraction of sp³-hybridized carbons (Fsp3) is 0.125. The van der Waals surface area contributed by atoms with Gasteiger partial charge in [0.15, 0.2) is 9.84 Å². The molecule has 0 radical (unpaired) electrons. The Kier molecular flexibility index (Phi) is 6.46. The minimum absolute atomic E-state index is 0.0575. The van der Waals surface area contributed by atoms with Gasteiger partial charge in [-0.2, -0.15) is 0 Å². The van der Waals surface area contributed by atoms with Crippen molar-refractivity contribution in [3.05, 3.63) is 96.8 Å². The summed E-state index contributed by atoms with van der Waals surface area (Å²) in [6, 6.07) is 21.4. The average Bonchev–Trinajstić information content (AvgIpc) is 2.84. The van der Waals surface area contributed by atoms with E-state index in [1.54, 1.807) is 36.4 Å². The van der Waals surface area contributed by atoms with Crippen LogP contribution in [0.1, 0.15) is 10.8 Å². The highest BCUT2D eigenvalue weighted by Gasteiger charge is 2.31. The van der Waals surface area contributed by atoms with Crippen LogP contribution in [0, 0.1) is 0 Å². The Labute approximate surface area is 193 Å². The van der Waals surface area contributed by atoms with Gasteiger partial charge in [-0.1, -0.05) is 36.4 Å². The first-order valence-corrected chi connectivity index (χ1v) is 13.1. The van der Waals surface area contributed by atoms with E-state index in [0.717, 1.165) is 10.8 Å². The molecule has 3 aromatic carbocycles. The number of nitrogens with one attached hydrogen (secondary N) is 1. The summed E-state index contributed by atoms with van der Waals surface area (Å²) in [5.41, 5.74) is 0.384. The van der Waals surface area contributed by atoms with Crippen LogP contribution in [0.4, 0.5) is 0 Å². The molecule has 0 bridgehead atoms. The van der Waals surface area contributed by atoms with Gasteiger partial charge < -0.3 is 4.74 Å². The summed E-state index contributed by atoms with van der Waals surface area (Å²) in [7, 11) is -6.41. The number of aromatic nitrogens is 1. The minimum atomic E-state index is -3.96. The van der Waals surface area contributed by atoms with E-state index < -0.39 is 25.1 Å². The molecular formula is C24H22N2O5S2.